The predicted molar refractivity (Wildman–Crippen MR) is 81.6 cm³/mol. The summed E-state index contributed by atoms with van der Waals surface area (Å²) >= 11 is 0. The molecule has 1 rings (SSSR count). The molecule has 0 saturated heterocycles. The smallest absolute Gasteiger partial charge is 0.238 e. The highest BCUT2D eigenvalue weighted by Gasteiger charge is 2.19. The van der Waals surface area contributed by atoms with Crippen LogP contribution in [0.2, 0.25) is 0 Å². The van der Waals surface area contributed by atoms with Crippen molar-refractivity contribution < 1.29 is 19.4 Å². The summed E-state index contributed by atoms with van der Waals surface area (Å²) in [7, 11) is 3.18. The van der Waals surface area contributed by atoms with E-state index in [-0.39, 0.29) is 12.5 Å². The third-order valence-corrected chi connectivity index (χ3v) is 3.01. The van der Waals surface area contributed by atoms with E-state index in [0.29, 0.717) is 25.3 Å². The van der Waals surface area contributed by atoms with E-state index in [0.717, 1.165) is 5.75 Å². The quantitative estimate of drug-likeness (QED) is 0.634. The van der Waals surface area contributed by atoms with Crippen LogP contribution in [0.3, 0.4) is 0 Å². The zero-order valence-corrected chi connectivity index (χ0v) is 12.8. The summed E-state index contributed by atoms with van der Waals surface area (Å²) in [5, 5.41) is 15.7. The highest BCUT2D eigenvalue weighted by molar-refractivity contribution is 5.92. The van der Waals surface area contributed by atoms with Crippen LogP contribution in [0.4, 0.5) is 5.69 Å². The molecule has 3 N–H and O–H groups in total. The summed E-state index contributed by atoms with van der Waals surface area (Å²) in [6.07, 6.45) is 0.511. The lowest BCUT2D eigenvalue weighted by Crippen LogP contribution is -2.41. The van der Waals surface area contributed by atoms with Crippen molar-refractivity contribution in [2.24, 2.45) is 0 Å². The zero-order valence-electron chi connectivity index (χ0n) is 12.8. The molecule has 118 valence electrons. The number of anilines is 1. The van der Waals surface area contributed by atoms with Gasteiger partial charge in [-0.3, -0.25) is 4.79 Å². The highest BCUT2D eigenvalue weighted by atomic mass is 16.5. The Kier molecular flexibility index (Phi) is 7.14. The molecule has 0 aliphatic rings. The van der Waals surface area contributed by atoms with Crippen LogP contribution < -0.4 is 15.4 Å². The van der Waals surface area contributed by atoms with Crippen LogP contribution >= 0.6 is 0 Å². The molecule has 0 fully saturated rings. The number of rotatable bonds is 9. The number of hydrogen-bond donors (Lipinski definition) is 3. The van der Waals surface area contributed by atoms with E-state index in [4.69, 9.17) is 9.47 Å². The van der Waals surface area contributed by atoms with E-state index in [2.05, 4.69) is 10.6 Å². The van der Waals surface area contributed by atoms with E-state index < -0.39 is 5.60 Å². The first-order chi connectivity index (χ1) is 9.96. The molecule has 21 heavy (non-hydrogen) atoms. The Labute approximate surface area is 125 Å². The van der Waals surface area contributed by atoms with Crippen molar-refractivity contribution in [3.05, 3.63) is 24.3 Å². The molecule has 6 nitrogen and oxygen atoms in total. The van der Waals surface area contributed by atoms with Crippen molar-refractivity contribution in [2.75, 3.05) is 39.2 Å². The molecule has 0 heterocycles. The number of carbonyl (C=O) groups is 1. The summed E-state index contributed by atoms with van der Waals surface area (Å²) in [6, 6.07) is 7.09. The number of ether oxygens (including phenoxy) is 2. The summed E-state index contributed by atoms with van der Waals surface area (Å²) in [5.41, 5.74) is -0.190. The van der Waals surface area contributed by atoms with Crippen LogP contribution in [0.5, 0.6) is 5.75 Å². The maximum atomic E-state index is 11.8. The monoisotopic (exact) mass is 296 g/mol. The molecule has 0 aliphatic carbocycles. The fourth-order valence-electron chi connectivity index (χ4n) is 1.74. The molecule has 0 saturated carbocycles. The number of aliphatic hydroxyl groups is 1. The maximum absolute atomic E-state index is 11.8. The SMILES string of the molecule is COCCC(C)(O)CNCC(=O)Nc1ccc(OC)cc1. The van der Waals surface area contributed by atoms with Gasteiger partial charge in [-0.1, -0.05) is 0 Å². The number of carbonyl (C=O) groups excluding carboxylic acids is 1. The number of amides is 1. The normalized spacial score (nSPS) is 13.5. The Morgan fingerprint density at radius 3 is 2.52 bits per heavy atom. The van der Waals surface area contributed by atoms with Gasteiger partial charge in [0.05, 0.1) is 19.3 Å². The van der Waals surface area contributed by atoms with Gasteiger partial charge < -0.3 is 25.2 Å². The Balaban J connectivity index is 2.30. The Morgan fingerprint density at radius 2 is 1.95 bits per heavy atom. The van der Waals surface area contributed by atoms with Crippen LogP contribution in [0.25, 0.3) is 0 Å². The number of methoxy groups -OCH3 is 2. The molecule has 0 spiro atoms. The summed E-state index contributed by atoms with van der Waals surface area (Å²) in [6.45, 7) is 2.65. The second-order valence-corrected chi connectivity index (χ2v) is 5.12. The molecule has 1 aromatic rings. The lowest BCUT2D eigenvalue weighted by Gasteiger charge is -2.23. The highest BCUT2D eigenvalue weighted by Crippen LogP contribution is 2.14. The van der Waals surface area contributed by atoms with Gasteiger partial charge in [0.25, 0.3) is 0 Å². The second kappa shape index (κ2) is 8.61. The van der Waals surface area contributed by atoms with Crippen LogP contribution in [0.1, 0.15) is 13.3 Å². The van der Waals surface area contributed by atoms with Crippen molar-refractivity contribution in [1.82, 2.24) is 5.32 Å². The van der Waals surface area contributed by atoms with Crippen molar-refractivity contribution >= 4 is 11.6 Å². The Morgan fingerprint density at radius 1 is 1.29 bits per heavy atom. The van der Waals surface area contributed by atoms with E-state index in [1.807, 2.05) is 0 Å². The Hall–Kier alpha value is -1.63. The summed E-state index contributed by atoms with van der Waals surface area (Å²) < 4.78 is 9.97. The molecule has 0 radical (unpaired) electrons. The molecular formula is C15H24N2O4. The third kappa shape index (κ3) is 7.08. The van der Waals surface area contributed by atoms with Crippen LogP contribution in [-0.4, -0.2) is 50.5 Å². The third-order valence-electron chi connectivity index (χ3n) is 3.01. The molecule has 6 heteroatoms. The fraction of sp³-hybridized carbons (Fsp3) is 0.533. The van der Waals surface area contributed by atoms with Crippen LogP contribution in [-0.2, 0) is 9.53 Å². The van der Waals surface area contributed by atoms with Crippen molar-refractivity contribution in [2.45, 2.75) is 18.9 Å². The molecule has 1 unspecified atom stereocenters. The number of nitrogens with one attached hydrogen (secondary N) is 2. The van der Waals surface area contributed by atoms with Crippen LogP contribution in [0, 0.1) is 0 Å². The van der Waals surface area contributed by atoms with Crippen molar-refractivity contribution in [1.29, 1.82) is 0 Å². The topological polar surface area (TPSA) is 79.8 Å². The van der Waals surface area contributed by atoms with Gasteiger partial charge >= 0.3 is 0 Å². The zero-order chi connectivity index (χ0) is 15.7. The minimum atomic E-state index is -0.892. The van der Waals surface area contributed by atoms with Gasteiger partial charge in [-0.05, 0) is 31.2 Å². The fourth-order valence-corrected chi connectivity index (χ4v) is 1.74. The first kappa shape index (κ1) is 17.4. The number of hydrogen-bond acceptors (Lipinski definition) is 5. The molecule has 0 aliphatic heterocycles. The maximum Gasteiger partial charge on any atom is 0.238 e. The summed E-state index contributed by atoms with van der Waals surface area (Å²) in [5.74, 6) is 0.572. The minimum Gasteiger partial charge on any atom is -0.497 e. The van der Waals surface area contributed by atoms with Crippen molar-refractivity contribution in [3.63, 3.8) is 0 Å². The lowest BCUT2D eigenvalue weighted by molar-refractivity contribution is -0.115. The lowest BCUT2D eigenvalue weighted by atomic mass is 10.0. The van der Waals surface area contributed by atoms with Gasteiger partial charge in [0.1, 0.15) is 5.75 Å². The summed E-state index contributed by atoms with van der Waals surface area (Å²) in [4.78, 5) is 11.8. The number of benzene rings is 1. The first-order valence-corrected chi connectivity index (χ1v) is 6.83. The van der Waals surface area contributed by atoms with Gasteiger partial charge in [0.2, 0.25) is 5.91 Å². The molecule has 0 aromatic heterocycles. The van der Waals surface area contributed by atoms with Gasteiger partial charge in [0.15, 0.2) is 0 Å². The van der Waals surface area contributed by atoms with Gasteiger partial charge in [-0.15, -0.1) is 0 Å². The second-order valence-electron chi connectivity index (χ2n) is 5.12. The minimum absolute atomic E-state index is 0.134. The average molecular weight is 296 g/mol. The van der Waals surface area contributed by atoms with E-state index in [1.165, 1.54) is 0 Å². The van der Waals surface area contributed by atoms with Gasteiger partial charge in [-0.2, -0.15) is 0 Å². The molecule has 0 bridgehead atoms. The van der Waals surface area contributed by atoms with E-state index in [1.54, 1.807) is 45.4 Å². The first-order valence-electron chi connectivity index (χ1n) is 6.83. The molecular weight excluding hydrogens is 272 g/mol. The van der Waals surface area contributed by atoms with Gasteiger partial charge in [-0.25, -0.2) is 0 Å². The largest absolute Gasteiger partial charge is 0.497 e. The molecule has 1 aromatic carbocycles. The van der Waals surface area contributed by atoms with Crippen LogP contribution in [0.15, 0.2) is 24.3 Å². The molecule has 1 amide bonds. The average Bonchev–Trinajstić information content (AvgIpc) is 2.46. The van der Waals surface area contributed by atoms with E-state index in [9.17, 15) is 9.90 Å². The predicted octanol–water partition coefficient (Wildman–Crippen LogP) is 1.01. The Bertz CT molecular complexity index is 432. The van der Waals surface area contributed by atoms with E-state index >= 15 is 0 Å². The standard InChI is InChI=1S/C15H24N2O4/c1-15(19,8-9-20-2)11-16-10-14(18)17-12-4-6-13(21-3)7-5-12/h4-7,16,19H,8-11H2,1-3H3,(H,17,18). The van der Waals surface area contributed by atoms with Gasteiger partial charge in [0, 0.05) is 32.4 Å². The van der Waals surface area contributed by atoms with Crippen molar-refractivity contribution in [3.8, 4) is 5.75 Å². The molecule has 1 atom stereocenters.